The van der Waals surface area contributed by atoms with E-state index in [1.807, 2.05) is 65.7 Å². The van der Waals surface area contributed by atoms with Gasteiger partial charge < -0.3 is 14.2 Å². The first-order valence-corrected chi connectivity index (χ1v) is 12.5. The lowest BCUT2D eigenvalue weighted by Crippen LogP contribution is -2.36. The second kappa shape index (κ2) is 9.07. The molecule has 6 rings (SSSR count). The monoisotopic (exact) mass is 508 g/mol. The summed E-state index contributed by atoms with van der Waals surface area (Å²) < 4.78 is 9.27. The van der Waals surface area contributed by atoms with E-state index in [9.17, 15) is 5.26 Å². The summed E-state index contributed by atoms with van der Waals surface area (Å²) in [6.07, 6.45) is 1.82. The maximum Gasteiger partial charge on any atom is 0.207 e. The molecule has 0 bridgehead atoms. The molecule has 0 atom stereocenters. The minimum atomic E-state index is 0.312. The zero-order valence-corrected chi connectivity index (χ0v) is 21.4. The lowest BCUT2D eigenvalue weighted by atomic mass is 10.0. The summed E-state index contributed by atoms with van der Waals surface area (Å²) in [5.74, 6) is 0. The molecule has 1 N–H and O–H groups in total. The Kier molecular flexibility index (Phi) is 5.71. The van der Waals surface area contributed by atoms with Crippen LogP contribution in [0.1, 0.15) is 11.1 Å². The fourth-order valence-electron chi connectivity index (χ4n) is 5.15. The van der Waals surface area contributed by atoms with Gasteiger partial charge in [-0.15, -0.1) is 0 Å². The molecule has 5 aromatic rings. The number of hydrogen-bond donors (Lipinski definition) is 1. The van der Waals surface area contributed by atoms with Crippen molar-refractivity contribution in [3.8, 4) is 22.9 Å². The summed E-state index contributed by atoms with van der Waals surface area (Å²) in [7, 11) is 1.88. The normalized spacial score (nSPS) is 13.8. The highest BCUT2D eigenvalue weighted by molar-refractivity contribution is 6.30. The van der Waals surface area contributed by atoms with Crippen molar-refractivity contribution in [3.63, 3.8) is 0 Å². The molecule has 184 valence electrons. The minimum absolute atomic E-state index is 0.312. The number of halogens is 1. The number of nitrogens with zero attached hydrogens (tertiary/aromatic N) is 5. The van der Waals surface area contributed by atoms with Crippen LogP contribution in [0.5, 0.6) is 0 Å². The lowest BCUT2D eigenvalue weighted by Gasteiger charge is -2.30. The lowest BCUT2D eigenvalue weighted by molar-refractivity contribution is 0.122. The van der Waals surface area contributed by atoms with Gasteiger partial charge in [-0.05, 0) is 60.0 Å². The van der Waals surface area contributed by atoms with E-state index in [1.165, 1.54) is 0 Å². The number of imidazole rings is 1. The smallest absolute Gasteiger partial charge is 0.207 e. The number of aromatic nitrogens is 3. The van der Waals surface area contributed by atoms with E-state index in [4.69, 9.17) is 21.7 Å². The minimum Gasteiger partial charge on any atom is -0.378 e. The molecule has 0 unspecified atom stereocenters. The van der Waals surface area contributed by atoms with Gasteiger partial charge >= 0.3 is 0 Å². The van der Waals surface area contributed by atoms with Crippen LogP contribution in [-0.2, 0) is 11.8 Å². The van der Waals surface area contributed by atoms with Crippen molar-refractivity contribution in [3.05, 3.63) is 82.6 Å². The number of pyridine rings is 1. The highest BCUT2D eigenvalue weighted by Crippen LogP contribution is 2.33. The van der Waals surface area contributed by atoms with Gasteiger partial charge in [0.25, 0.3) is 0 Å². The van der Waals surface area contributed by atoms with E-state index in [0.29, 0.717) is 29.4 Å². The van der Waals surface area contributed by atoms with Crippen molar-refractivity contribution in [2.24, 2.45) is 7.05 Å². The molecule has 2 aromatic heterocycles. The van der Waals surface area contributed by atoms with Crippen molar-refractivity contribution in [1.82, 2.24) is 14.1 Å². The van der Waals surface area contributed by atoms with Gasteiger partial charge in [-0.1, -0.05) is 29.8 Å². The van der Waals surface area contributed by atoms with Gasteiger partial charge in [-0.25, -0.2) is 0 Å². The molecule has 7 nitrogen and oxygen atoms in total. The topological polar surface area (TPSA) is 82.9 Å². The first kappa shape index (κ1) is 23.3. The summed E-state index contributed by atoms with van der Waals surface area (Å²) in [6, 6.07) is 20.3. The third-order valence-corrected chi connectivity index (χ3v) is 7.39. The van der Waals surface area contributed by atoms with E-state index >= 15 is 0 Å². The quantitative estimate of drug-likeness (QED) is 0.357. The number of ether oxygens (including phenoxy) is 1. The molecular weight excluding hydrogens is 484 g/mol. The average Bonchev–Trinajstić information content (AvgIpc) is 3.19. The molecule has 0 spiro atoms. The van der Waals surface area contributed by atoms with E-state index in [2.05, 4.69) is 34.2 Å². The number of morpholine rings is 1. The fraction of sp³-hybridized carbons (Fsp3) is 0.207. The average molecular weight is 509 g/mol. The highest BCUT2D eigenvalue weighted by atomic mass is 35.5. The molecule has 3 aromatic carbocycles. The molecule has 8 heteroatoms. The zero-order chi connectivity index (χ0) is 25.7. The van der Waals surface area contributed by atoms with Crippen molar-refractivity contribution in [1.29, 1.82) is 10.7 Å². The van der Waals surface area contributed by atoms with E-state index in [-0.39, 0.29) is 0 Å². The van der Waals surface area contributed by atoms with Crippen LogP contribution in [0, 0.1) is 23.7 Å². The van der Waals surface area contributed by atoms with Gasteiger partial charge in [0.1, 0.15) is 6.07 Å². The van der Waals surface area contributed by atoms with Crippen LogP contribution in [0.25, 0.3) is 38.8 Å². The standard InChI is InChI=1S/C29H25ClN6O/c1-18-13-26(35-9-11-37-12-10-35)21(16-31)15-25(18)36-28-23-14-20(19-3-6-22(30)7-4-19)5-8-24(23)33-17-27(28)34(2)29(36)32/h3-8,13-15,17,32H,9-12H2,1-2H3. The number of nitriles is 1. The molecular formula is C29H25ClN6O. The Labute approximate surface area is 219 Å². The Bertz CT molecular complexity index is 1770. The molecule has 0 amide bonds. The highest BCUT2D eigenvalue weighted by Gasteiger charge is 2.21. The van der Waals surface area contributed by atoms with Crippen LogP contribution < -0.4 is 10.5 Å². The summed E-state index contributed by atoms with van der Waals surface area (Å²) in [5, 5.41) is 20.7. The Morgan fingerprint density at radius 2 is 1.73 bits per heavy atom. The van der Waals surface area contributed by atoms with Crippen LogP contribution in [0.4, 0.5) is 5.69 Å². The number of anilines is 1. The number of aryl methyl sites for hydroxylation is 2. The Hall–Kier alpha value is -4.12. The number of hydrogen-bond acceptors (Lipinski definition) is 5. The Morgan fingerprint density at radius 3 is 2.46 bits per heavy atom. The van der Waals surface area contributed by atoms with Crippen LogP contribution in [0.15, 0.2) is 60.8 Å². The fourth-order valence-corrected chi connectivity index (χ4v) is 5.28. The maximum absolute atomic E-state index is 10.1. The zero-order valence-electron chi connectivity index (χ0n) is 20.6. The van der Waals surface area contributed by atoms with Crippen molar-refractivity contribution >= 4 is 39.2 Å². The number of rotatable bonds is 3. The van der Waals surface area contributed by atoms with Gasteiger partial charge in [0.15, 0.2) is 0 Å². The van der Waals surface area contributed by atoms with E-state index in [0.717, 1.165) is 63.1 Å². The SMILES string of the molecule is Cc1cc(N2CCOCC2)c(C#N)cc1-n1c(=N)n(C)c2cnc3ccc(-c4ccc(Cl)cc4)cc3c21. The van der Waals surface area contributed by atoms with Gasteiger partial charge in [0.2, 0.25) is 5.62 Å². The molecule has 1 saturated heterocycles. The van der Waals surface area contributed by atoms with E-state index in [1.54, 1.807) is 0 Å². The first-order valence-electron chi connectivity index (χ1n) is 12.1. The molecule has 37 heavy (non-hydrogen) atoms. The van der Waals surface area contributed by atoms with Crippen LogP contribution >= 0.6 is 11.6 Å². The van der Waals surface area contributed by atoms with Crippen molar-refractivity contribution < 1.29 is 4.74 Å². The molecule has 1 aliphatic heterocycles. The van der Waals surface area contributed by atoms with Crippen molar-refractivity contribution in [2.45, 2.75) is 6.92 Å². The Balaban J connectivity index is 1.61. The van der Waals surface area contributed by atoms with Crippen LogP contribution in [-0.4, -0.2) is 40.4 Å². The van der Waals surface area contributed by atoms with Gasteiger partial charge in [-0.3, -0.25) is 15.0 Å². The molecule has 0 radical (unpaired) electrons. The predicted octanol–water partition coefficient (Wildman–Crippen LogP) is 5.33. The van der Waals surface area contributed by atoms with Gasteiger partial charge in [0.05, 0.1) is 52.9 Å². The molecule has 3 heterocycles. The molecule has 1 fully saturated rings. The largest absolute Gasteiger partial charge is 0.378 e. The number of benzene rings is 3. The predicted molar refractivity (Wildman–Crippen MR) is 146 cm³/mol. The summed E-state index contributed by atoms with van der Waals surface area (Å²) in [5.41, 5.74) is 8.29. The van der Waals surface area contributed by atoms with Gasteiger partial charge in [0, 0.05) is 30.5 Å². The van der Waals surface area contributed by atoms with Crippen LogP contribution in [0.3, 0.4) is 0 Å². The van der Waals surface area contributed by atoms with Crippen LogP contribution in [0.2, 0.25) is 5.02 Å². The van der Waals surface area contributed by atoms with E-state index < -0.39 is 0 Å². The summed E-state index contributed by atoms with van der Waals surface area (Å²) in [4.78, 5) is 6.89. The molecule has 0 saturated carbocycles. The molecule has 0 aliphatic carbocycles. The van der Waals surface area contributed by atoms with Crippen molar-refractivity contribution in [2.75, 3.05) is 31.2 Å². The third kappa shape index (κ3) is 3.86. The number of nitrogens with one attached hydrogen (secondary N) is 1. The number of fused-ring (bicyclic) bond motifs is 3. The maximum atomic E-state index is 10.1. The second-order valence-electron chi connectivity index (χ2n) is 9.32. The first-order chi connectivity index (χ1) is 18.0. The van der Waals surface area contributed by atoms with Gasteiger partial charge in [-0.2, -0.15) is 5.26 Å². The Morgan fingerprint density at radius 1 is 1.00 bits per heavy atom. The second-order valence-corrected chi connectivity index (χ2v) is 9.75. The summed E-state index contributed by atoms with van der Waals surface area (Å²) in [6.45, 7) is 4.84. The summed E-state index contributed by atoms with van der Waals surface area (Å²) >= 11 is 6.11. The third-order valence-electron chi connectivity index (χ3n) is 7.14. The molecule has 1 aliphatic rings.